The third-order valence-corrected chi connectivity index (χ3v) is 10.2. The minimum absolute atomic E-state index is 0.104. The van der Waals surface area contributed by atoms with Gasteiger partial charge < -0.3 is 45.1 Å². The van der Waals surface area contributed by atoms with E-state index >= 15 is 0 Å². The number of nitrogens with zero attached hydrogens (tertiary/aromatic N) is 5. The van der Waals surface area contributed by atoms with Crippen LogP contribution in [0.15, 0.2) is 29.7 Å². The van der Waals surface area contributed by atoms with Gasteiger partial charge in [0.1, 0.15) is 48.3 Å². The number of aromatic nitrogens is 7. The van der Waals surface area contributed by atoms with E-state index in [1.54, 1.807) is 0 Å². The molecule has 7 heterocycles. The van der Waals surface area contributed by atoms with Gasteiger partial charge in [-0.15, -0.1) is 0 Å². The molecule has 51 heavy (non-hydrogen) atoms. The Morgan fingerprint density at radius 2 is 1.78 bits per heavy atom. The van der Waals surface area contributed by atoms with Crippen LogP contribution in [0.1, 0.15) is 18.9 Å². The minimum Gasteiger partial charge on any atom is -0.386 e. The molecular formula is C24H29F3N9O13P2+. The molecule has 7 rings (SSSR count). The van der Waals surface area contributed by atoms with Crippen LogP contribution in [-0.4, -0.2) is 107 Å². The van der Waals surface area contributed by atoms with E-state index in [1.807, 2.05) is 0 Å². The van der Waals surface area contributed by atoms with Gasteiger partial charge in [0.05, 0.1) is 31.6 Å². The Morgan fingerprint density at radius 1 is 1.08 bits per heavy atom. The van der Waals surface area contributed by atoms with Crippen molar-refractivity contribution in [1.29, 1.82) is 0 Å². The van der Waals surface area contributed by atoms with E-state index in [1.165, 1.54) is 16.8 Å². The number of anilines is 2. The topological polar surface area (TPSA) is 308 Å². The van der Waals surface area contributed by atoms with Crippen molar-refractivity contribution in [3.8, 4) is 0 Å². The maximum atomic E-state index is 13.5. The summed E-state index contributed by atoms with van der Waals surface area (Å²) in [5, 5.41) is 11.6. The maximum absolute atomic E-state index is 13.5. The van der Waals surface area contributed by atoms with Gasteiger partial charge in [0.25, 0.3) is 11.5 Å². The van der Waals surface area contributed by atoms with Crippen LogP contribution in [0.5, 0.6) is 0 Å². The molecule has 0 aromatic carbocycles. The summed E-state index contributed by atoms with van der Waals surface area (Å²) in [5.41, 5.74) is 10.7. The Kier molecular flexibility index (Phi) is 9.21. The standard InChI is InChI=1S/C24H28F3N9O13P2/c25-24(26,27)2-4-43-15-11-6-45-50(39,40)48-14-10(46-21(13(14)37)35-3-1-9-17(28)30-7-31-18(9)35)5-44-51(41,42)49-16(15)22(47-11)36-8-32-12-19(36)33-23(29)34-20(12)38/h1,3,7-8,10-11,13-16,21-22,37H,2,4-6H2,(H7,28,29,30,31,33,34,38,39,40,41,42)/p+1. The quantitative estimate of drug-likeness (QED) is 0.101. The average Bonchev–Trinajstić information content (AvgIpc) is 3.80. The van der Waals surface area contributed by atoms with Crippen LogP contribution < -0.4 is 21.6 Å². The van der Waals surface area contributed by atoms with Crippen molar-refractivity contribution in [1.82, 2.24) is 29.5 Å². The maximum Gasteiger partial charge on any atom is 0.472 e. The lowest BCUT2D eigenvalue weighted by molar-refractivity contribution is -0.744. The first-order valence-electron chi connectivity index (χ1n) is 14.8. The van der Waals surface area contributed by atoms with Crippen LogP contribution in [0.3, 0.4) is 0 Å². The first-order chi connectivity index (χ1) is 24.0. The van der Waals surface area contributed by atoms with Crippen LogP contribution in [0.25, 0.3) is 22.2 Å². The fourth-order valence-electron chi connectivity index (χ4n) is 5.99. The van der Waals surface area contributed by atoms with E-state index in [0.717, 1.165) is 17.2 Å². The number of imidazole rings is 1. The lowest BCUT2D eigenvalue weighted by atomic mass is 10.1. The SMILES string of the molecule is Nc1nc2c([nH]c[n+]2C2OC3COP(=O)(O)OC4C(COP(=O)(O)OC2C3OCCC(F)(F)F)OC(n2ccc3c(N)ncnc32)C4O)c(=O)[nH]1. The Hall–Kier alpha value is -3.58. The predicted octanol–water partition coefficient (Wildman–Crippen LogP) is -0.341. The van der Waals surface area contributed by atoms with Gasteiger partial charge in [-0.2, -0.15) is 13.2 Å². The molecule has 3 aliphatic heterocycles. The highest BCUT2D eigenvalue weighted by Crippen LogP contribution is 2.53. The molecule has 2 bridgehead atoms. The van der Waals surface area contributed by atoms with E-state index in [-0.39, 0.29) is 28.6 Å². The lowest BCUT2D eigenvalue weighted by Crippen LogP contribution is -2.47. The summed E-state index contributed by atoms with van der Waals surface area (Å²) in [7, 11) is -10.5. The Bertz CT molecular complexity index is 2100. The number of nitrogen functional groups attached to an aromatic ring is 2. The Labute approximate surface area is 281 Å². The minimum atomic E-state index is -5.30. The number of halogens is 3. The number of fused-ring (bicyclic) bond motifs is 5. The molecule has 3 fully saturated rings. The molecule has 278 valence electrons. The number of alkyl halides is 3. The third-order valence-electron chi connectivity index (χ3n) is 8.20. The van der Waals surface area contributed by atoms with E-state index in [2.05, 4.69) is 24.9 Å². The van der Waals surface area contributed by atoms with Crippen LogP contribution in [0, 0.1) is 0 Å². The summed E-state index contributed by atoms with van der Waals surface area (Å²) < 4.78 is 107. The highest BCUT2D eigenvalue weighted by atomic mass is 31.2. The highest BCUT2D eigenvalue weighted by Gasteiger charge is 2.56. The van der Waals surface area contributed by atoms with Crippen molar-refractivity contribution < 1.29 is 74.1 Å². The molecule has 10 atom stereocenters. The summed E-state index contributed by atoms with van der Waals surface area (Å²) in [4.78, 5) is 51.1. The molecule has 27 heteroatoms. The predicted molar refractivity (Wildman–Crippen MR) is 159 cm³/mol. The number of aliphatic hydroxyl groups is 1. The Balaban J connectivity index is 1.23. The molecule has 9 N–H and O–H groups in total. The van der Waals surface area contributed by atoms with E-state index < -0.39 is 103 Å². The molecular weight excluding hydrogens is 741 g/mol. The van der Waals surface area contributed by atoms with Gasteiger partial charge in [-0.05, 0) is 6.07 Å². The zero-order valence-corrected chi connectivity index (χ0v) is 27.4. The summed E-state index contributed by atoms with van der Waals surface area (Å²) in [5.74, 6) is -0.242. The van der Waals surface area contributed by atoms with Crippen LogP contribution in [0.4, 0.5) is 24.9 Å². The van der Waals surface area contributed by atoms with Crippen LogP contribution in [-0.2, 0) is 41.4 Å². The number of hydrogen-bond donors (Lipinski definition) is 7. The van der Waals surface area contributed by atoms with Gasteiger partial charge >= 0.3 is 27.5 Å². The molecule has 0 saturated carbocycles. The second-order valence-corrected chi connectivity index (χ2v) is 14.4. The van der Waals surface area contributed by atoms with Crippen molar-refractivity contribution in [3.05, 3.63) is 35.3 Å². The van der Waals surface area contributed by atoms with Crippen molar-refractivity contribution in [2.45, 2.75) is 61.7 Å². The van der Waals surface area contributed by atoms with Gasteiger partial charge in [-0.1, -0.05) is 4.98 Å². The van der Waals surface area contributed by atoms with Crippen molar-refractivity contribution in [2.75, 3.05) is 31.3 Å². The molecule has 4 aromatic heterocycles. The van der Waals surface area contributed by atoms with E-state index in [9.17, 15) is 42.0 Å². The number of nitrogens with one attached hydrogen (secondary N) is 2. The summed E-state index contributed by atoms with van der Waals surface area (Å²) >= 11 is 0. The largest absolute Gasteiger partial charge is 0.472 e. The Morgan fingerprint density at radius 3 is 2.51 bits per heavy atom. The second kappa shape index (κ2) is 13.1. The molecule has 0 spiro atoms. The van der Waals surface area contributed by atoms with Gasteiger partial charge in [0, 0.05) is 6.20 Å². The van der Waals surface area contributed by atoms with Crippen molar-refractivity contribution in [2.24, 2.45) is 0 Å². The fourth-order valence-corrected chi connectivity index (χ4v) is 7.88. The number of aromatic amines is 2. The van der Waals surface area contributed by atoms with E-state index in [0.29, 0.717) is 5.39 Å². The fraction of sp³-hybridized carbons (Fsp3) is 0.542. The summed E-state index contributed by atoms with van der Waals surface area (Å²) in [6, 6.07) is 1.52. The zero-order chi connectivity index (χ0) is 36.5. The number of rotatable bonds is 5. The summed E-state index contributed by atoms with van der Waals surface area (Å²) in [6.45, 7) is -2.87. The van der Waals surface area contributed by atoms with Gasteiger partial charge in [0.15, 0.2) is 18.7 Å². The van der Waals surface area contributed by atoms with Crippen LogP contribution in [0.2, 0.25) is 0 Å². The molecule has 4 aromatic rings. The monoisotopic (exact) mass is 770 g/mol. The molecule has 3 aliphatic rings. The highest BCUT2D eigenvalue weighted by molar-refractivity contribution is 7.47. The van der Waals surface area contributed by atoms with Crippen molar-refractivity contribution >= 4 is 49.6 Å². The first-order valence-corrected chi connectivity index (χ1v) is 17.8. The molecule has 0 aliphatic carbocycles. The lowest BCUT2D eigenvalue weighted by Gasteiger charge is -2.26. The smallest absolute Gasteiger partial charge is 0.386 e. The summed E-state index contributed by atoms with van der Waals surface area (Å²) in [6.07, 6.45) is -15.6. The molecule has 10 unspecified atom stereocenters. The normalized spacial score (nSPS) is 35.0. The van der Waals surface area contributed by atoms with Crippen molar-refractivity contribution in [3.63, 3.8) is 0 Å². The second-order valence-electron chi connectivity index (χ2n) is 11.5. The number of phosphoric ester groups is 2. The number of aliphatic hydroxyl groups excluding tert-OH is 1. The number of phosphoric acid groups is 2. The molecule has 22 nitrogen and oxygen atoms in total. The molecule has 0 amide bonds. The number of hydrogen-bond acceptors (Lipinski definition) is 16. The number of nitrogens with two attached hydrogens (primary N) is 2. The van der Waals surface area contributed by atoms with E-state index in [4.69, 9.17) is 43.8 Å². The first kappa shape index (κ1) is 35.8. The average molecular weight is 770 g/mol. The van der Waals surface area contributed by atoms with Gasteiger partial charge in [-0.3, -0.25) is 32.9 Å². The number of ether oxygens (including phenoxy) is 3. The third kappa shape index (κ3) is 7.12. The number of H-pyrrole nitrogens is 2. The zero-order valence-electron chi connectivity index (χ0n) is 25.6. The molecule has 3 saturated heterocycles. The molecule has 0 radical (unpaired) electrons. The van der Waals surface area contributed by atoms with Gasteiger partial charge in [0.2, 0.25) is 11.7 Å². The van der Waals surface area contributed by atoms with Crippen LogP contribution >= 0.6 is 15.6 Å². The van der Waals surface area contributed by atoms with Gasteiger partial charge in [-0.25, -0.2) is 23.7 Å².